The summed E-state index contributed by atoms with van der Waals surface area (Å²) in [6, 6.07) is -0.316. The van der Waals surface area contributed by atoms with Gasteiger partial charge in [-0.05, 0) is 27.7 Å². The second-order valence-corrected chi connectivity index (χ2v) is 4.82. The van der Waals surface area contributed by atoms with Gasteiger partial charge in [0.25, 0.3) is 0 Å². The van der Waals surface area contributed by atoms with Crippen LogP contribution in [0.2, 0.25) is 0 Å². The predicted molar refractivity (Wildman–Crippen MR) is 63.5 cm³/mol. The maximum atomic E-state index is 11.4. The lowest BCUT2D eigenvalue weighted by atomic mass is 10.2. The van der Waals surface area contributed by atoms with Gasteiger partial charge in [0.05, 0.1) is 6.61 Å². The number of aliphatic hydroxyl groups is 1. The van der Waals surface area contributed by atoms with Gasteiger partial charge in [-0.1, -0.05) is 0 Å². The van der Waals surface area contributed by atoms with Crippen molar-refractivity contribution in [2.45, 2.75) is 45.8 Å². The molecule has 0 aliphatic rings. The van der Waals surface area contributed by atoms with Gasteiger partial charge in [-0.25, -0.2) is 4.79 Å². The first-order valence-corrected chi connectivity index (χ1v) is 5.61. The molecule has 0 spiro atoms. The Bertz CT molecular complexity index is 261. The number of nitrogens with one attached hydrogen (secondary N) is 2. The fourth-order valence-electron chi connectivity index (χ4n) is 1.11. The highest BCUT2D eigenvalue weighted by Gasteiger charge is 2.18. The average Bonchev–Trinajstić information content (AvgIpc) is 2.10. The summed E-state index contributed by atoms with van der Waals surface area (Å²) in [5.41, 5.74) is -0.553. The Labute approximate surface area is 102 Å². The Hall–Kier alpha value is -1.30. The standard InChI is InChI=1S/C11H22N2O4/c1-8(7-9(15)12-5-6-14)13-10(16)17-11(2,3)4/h8,14H,5-7H2,1-4H3,(H,12,15)(H,13,16). The predicted octanol–water partition coefficient (Wildman–Crippen LogP) is 0.398. The summed E-state index contributed by atoms with van der Waals surface area (Å²) >= 11 is 0. The van der Waals surface area contributed by atoms with E-state index in [1.165, 1.54) is 0 Å². The molecule has 0 saturated carbocycles. The van der Waals surface area contributed by atoms with Crippen LogP contribution in [-0.4, -0.2) is 41.9 Å². The molecule has 0 fully saturated rings. The molecule has 0 aromatic carbocycles. The third kappa shape index (κ3) is 9.62. The molecule has 0 bridgehead atoms. The fourth-order valence-corrected chi connectivity index (χ4v) is 1.11. The Morgan fingerprint density at radius 1 is 1.35 bits per heavy atom. The van der Waals surface area contributed by atoms with Crippen LogP contribution in [0, 0.1) is 0 Å². The average molecular weight is 246 g/mol. The Balaban J connectivity index is 3.89. The van der Waals surface area contributed by atoms with Crippen LogP contribution in [0.15, 0.2) is 0 Å². The fraction of sp³-hybridized carbons (Fsp3) is 0.818. The number of carbonyl (C=O) groups excluding carboxylic acids is 2. The van der Waals surface area contributed by atoms with Crippen molar-refractivity contribution < 1.29 is 19.4 Å². The van der Waals surface area contributed by atoms with E-state index in [0.29, 0.717) is 0 Å². The Morgan fingerprint density at radius 2 is 1.94 bits per heavy atom. The van der Waals surface area contributed by atoms with Crippen LogP contribution in [0.5, 0.6) is 0 Å². The smallest absolute Gasteiger partial charge is 0.407 e. The second-order valence-electron chi connectivity index (χ2n) is 4.82. The van der Waals surface area contributed by atoms with Crippen LogP contribution >= 0.6 is 0 Å². The van der Waals surface area contributed by atoms with Crippen LogP contribution < -0.4 is 10.6 Å². The van der Waals surface area contributed by atoms with E-state index in [9.17, 15) is 9.59 Å². The lowest BCUT2D eigenvalue weighted by Gasteiger charge is -2.21. The summed E-state index contributed by atoms with van der Waals surface area (Å²) in [5.74, 6) is -0.220. The quantitative estimate of drug-likeness (QED) is 0.655. The lowest BCUT2D eigenvalue weighted by Crippen LogP contribution is -2.40. The van der Waals surface area contributed by atoms with Crippen LogP contribution in [0.1, 0.15) is 34.1 Å². The molecule has 0 radical (unpaired) electrons. The van der Waals surface area contributed by atoms with E-state index in [1.54, 1.807) is 27.7 Å². The molecular weight excluding hydrogens is 224 g/mol. The van der Waals surface area contributed by atoms with Crippen molar-refractivity contribution in [1.29, 1.82) is 0 Å². The van der Waals surface area contributed by atoms with Crippen LogP contribution in [0.3, 0.4) is 0 Å². The molecule has 0 saturated heterocycles. The van der Waals surface area contributed by atoms with E-state index >= 15 is 0 Å². The summed E-state index contributed by atoms with van der Waals surface area (Å²) in [7, 11) is 0. The first-order valence-electron chi connectivity index (χ1n) is 5.61. The summed E-state index contributed by atoms with van der Waals surface area (Å²) < 4.78 is 5.05. The number of aliphatic hydroxyl groups excluding tert-OH is 1. The lowest BCUT2D eigenvalue weighted by molar-refractivity contribution is -0.121. The van der Waals surface area contributed by atoms with Gasteiger partial charge >= 0.3 is 6.09 Å². The zero-order valence-corrected chi connectivity index (χ0v) is 10.9. The Kier molecular flexibility index (Phi) is 6.57. The van der Waals surface area contributed by atoms with Crippen LogP contribution in [-0.2, 0) is 9.53 Å². The van der Waals surface area contributed by atoms with Gasteiger partial charge in [-0.2, -0.15) is 0 Å². The number of ether oxygens (including phenoxy) is 1. The number of hydrogen-bond donors (Lipinski definition) is 3. The van der Waals surface area contributed by atoms with Crippen molar-refractivity contribution in [3.8, 4) is 0 Å². The molecule has 1 unspecified atom stereocenters. The van der Waals surface area contributed by atoms with Crippen molar-refractivity contribution >= 4 is 12.0 Å². The molecule has 0 heterocycles. The van der Waals surface area contributed by atoms with E-state index in [0.717, 1.165) is 0 Å². The number of alkyl carbamates (subject to hydrolysis) is 1. The SMILES string of the molecule is CC(CC(=O)NCCO)NC(=O)OC(C)(C)C. The van der Waals surface area contributed by atoms with Gasteiger partial charge in [0.1, 0.15) is 5.60 Å². The van der Waals surface area contributed by atoms with Gasteiger partial charge in [-0.15, -0.1) is 0 Å². The summed E-state index contributed by atoms with van der Waals surface area (Å²) in [6.45, 7) is 7.14. The molecule has 0 aromatic heterocycles. The molecular formula is C11H22N2O4. The largest absolute Gasteiger partial charge is 0.444 e. The van der Waals surface area contributed by atoms with Crippen molar-refractivity contribution in [3.05, 3.63) is 0 Å². The van der Waals surface area contributed by atoms with Gasteiger partial charge in [0, 0.05) is 19.0 Å². The monoisotopic (exact) mass is 246 g/mol. The van der Waals surface area contributed by atoms with Gasteiger partial charge < -0.3 is 20.5 Å². The summed E-state index contributed by atoms with van der Waals surface area (Å²) in [4.78, 5) is 22.6. The first-order chi connectivity index (χ1) is 7.74. The summed E-state index contributed by atoms with van der Waals surface area (Å²) in [5, 5.41) is 13.6. The molecule has 1 atom stereocenters. The van der Waals surface area contributed by atoms with Crippen molar-refractivity contribution in [2.24, 2.45) is 0 Å². The maximum absolute atomic E-state index is 11.4. The van der Waals surface area contributed by atoms with E-state index in [1.807, 2.05) is 0 Å². The van der Waals surface area contributed by atoms with E-state index < -0.39 is 11.7 Å². The second kappa shape index (κ2) is 7.11. The molecule has 0 aromatic rings. The van der Waals surface area contributed by atoms with E-state index in [4.69, 9.17) is 9.84 Å². The van der Waals surface area contributed by atoms with Crippen LogP contribution in [0.4, 0.5) is 4.79 Å². The minimum Gasteiger partial charge on any atom is -0.444 e. The maximum Gasteiger partial charge on any atom is 0.407 e. The minimum absolute atomic E-state index is 0.0976. The highest BCUT2D eigenvalue weighted by molar-refractivity contribution is 5.77. The Morgan fingerprint density at radius 3 is 2.41 bits per heavy atom. The number of rotatable bonds is 5. The molecule has 0 aliphatic carbocycles. The minimum atomic E-state index is -0.553. The third-order valence-electron chi connectivity index (χ3n) is 1.69. The van der Waals surface area contributed by atoms with Gasteiger partial charge in [-0.3, -0.25) is 4.79 Å². The summed E-state index contributed by atoms with van der Waals surface area (Å²) in [6.07, 6.45) is -0.390. The molecule has 6 nitrogen and oxygen atoms in total. The topological polar surface area (TPSA) is 87.7 Å². The number of hydrogen-bond acceptors (Lipinski definition) is 4. The molecule has 3 N–H and O–H groups in total. The third-order valence-corrected chi connectivity index (χ3v) is 1.69. The zero-order valence-electron chi connectivity index (χ0n) is 10.9. The normalized spacial score (nSPS) is 12.8. The van der Waals surface area contributed by atoms with Gasteiger partial charge in [0.2, 0.25) is 5.91 Å². The zero-order chi connectivity index (χ0) is 13.5. The molecule has 2 amide bonds. The number of carbonyl (C=O) groups is 2. The van der Waals surface area contributed by atoms with Gasteiger partial charge in [0.15, 0.2) is 0 Å². The molecule has 0 rings (SSSR count). The highest BCUT2D eigenvalue weighted by atomic mass is 16.6. The molecule has 100 valence electrons. The first kappa shape index (κ1) is 15.7. The van der Waals surface area contributed by atoms with Crippen molar-refractivity contribution in [2.75, 3.05) is 13.2 Å². The van der Waals surface area contributed by atoms with Crippen LogP contribution in [0.25, 0.3) is 0 Å². The molecule has 0 aliphatic heterocycles. The van der Waals surface area contributed by atoms with Crippen molar-refractivity contribution in [1.82, 2.24) is 10.6 Å². The van der Waals surface area contributed by atoms with Crippen molar-refractivity contribution in [3.63, 3.8) is 0 Å². The molecule has 17 heavy (non-hydrogen) atoms. The van der Waals surface area contributed by atoms with E-state index in [-0.39, 0.29) is 31.5 Å². The highest BCUT2D eigenvalue weighted by Crippen LogP contribution is 2.07. The molecule has 6 heteroatoms. The number of amides is 2. The van der Waals surface area contributed by atoms with E-state index in [2.05, 4.69) is 10.6 Å².